The van der Waals surface area contributed by atoms with Crippen molar-refractivity contribution in [3.05, 3.63) is 0 Å². The molecule has 0 bridgehead atoms. The first-order chi connectivity index (χ1) is 7.34. The zero-order valence-corrected chi connectivity index (χ0v) is 8.97. The van der Waals surface area contributed by atoms with Crippen molar-refractivity contribution >= 4 is 17.8 Å². The topological polar surface area (TPSA) is 130 Å². The smallest absolute Gasteiger partial charge is 0.303 e. The molecule has 0 aliphatic carbocycles. The van der Waals surface area contributed by atoms with Gasteiger partial charge in [0.25, 0.3) is 0 Å². The van der Waals surface area contributed by atoms with E-state index in [1.54, 1.807) is 0 Å². The Morgan fingerprint density at radius 2 is 1.88 bits per heavy atom. The number of nitrogens with one attached hydrogen (secondary N) is 1. The highest BCUT2D eigenvalue weighted by Crippen LogP contribution is 1.98. The molecule has 92 valence electrons. The molecule has 0 saturated heterocycles. The van der Waals surface area contributed by atoms with Gasteiger partial charge in [-0.3, -0.25) is 14.4 Å². The molecule has 16 heavy (non-hydrogen) atoms. The molecule has 0 unspecified atom stereocenters. The number of carboxylic acids is 1. The third-order valence-corrected chi connectivity index (χ3v) is 1.90. The molecule has 0 fully saturated rings. The zero-order valence-electron chi connectivity index (χ0n) is 8.97. The van der Waals surface area contributed by atoms with Crippen LogP contribution < -0.4 is 11.1 Å². The molecule has 0 aromatic heterocycles. The fourth-order valence-corrected chi connectivity index (χ4v) is 1.08. The molecule has 7 heteroatoms. The van der Waals surface area contributed by atoms with E-state index in [1.165, 1.54) is 6.92 Å². The number of amides is 2. The highest BCUT2D eigenvalue weighted by molar-refractivity contribution is 5.87. The largest absolute Gasteiger partial charge is 0.481 e. The van der Waals surface area contributed by atoms with Crippen LogP contribution in [0.2, 0.25) is 0 Å². The van der Waals surface area contributed by atoms with Crippen molar-refractivity contribution in [1.29, 1.82) is 0 Å². The highest BCUT2D eigenvalue weighted by Gasteiger charge is 2.22. The number of hydrogen-bond donors (Lipinski definition) is 4. The second kappa shape index (κ2) is 6.78. The molecule has 0 radical (unpaired) electrons. The maximum absolute atomic E-state index is 11.2. The van der Waals surface area contributed by atoms with Crippen LogP contribution in [0.4, 0.5) is 0 Å². The molecule has 2 amide bonds. The molecule has 0 spiro atoms. The van der Waals surface area contributed by atoms with E-state index in [9.17, 15) is 14.4 Å². The number of carbonyl (C=O) groups excluding carboxylic acids is 2. The van der Waals surface area contributed by atoms with E-state index in [1.807, 2.05) is 0 Å². The van der Waals surface area contributed by atoms with Crippen LogP contribution in [0.3, 0.4) is 0 Å². The average Bonchev–Trinajstić information content (AvgIpc) is 2.12. The molecule has 0 heterocycles. The van der Waals surface area contributed by atoms with E-state index in [4.69, 9.17) is 15.9 Å². The molecule has 5 N–H and O–H groups in total. The normalized spacial score (nSPS) is 13.9. The van der Waals surface area contributed by atoms with Gasteiger partial charge < -0.3 is 21.3 Å². The van der Waals surface area contributed by atoms with Crippen LogP contribution in [-0.2, 0) is 14.4 Å². The monoisotopic (exact) mass is 232 g/mol. The number of aliphatic hydroxyl groups excluding tert-OH is 1. The summed E-state index contributed by atoms with van der Waals surface area (Å²) in [6.45, 7) is 1.33. The van der Waals surface area contributed by atoms with Gasteiger partial charge in [-0.25, -0.2) is 0 Å². The zero-order chi connectivity index (χ0) is 12.7. The fourth-order valence-electron chi connectivity index (χ4n) is 1.08. The number of hydrogen-bond acceptors (Lipinski definition) is 4. The Kier molecular flexibility index (Phi) is 6.09. The number of carbonyl (C=O) groups is 3. The minimum Gasteiger partial charge on any atom is -0.481 e. The Labute approximate surface area is 92.6 Å². The molecule has 0 aromatic rings. The van der Waals surface area contributed by atoms with Gasteiger partial charge in [0.2, 0.25) is 11.8 Å². The summed E-state index contributed by atoms with van der Waals surface area (Å²) in [4.78, 5) is 32.2. The van der Waals surface area contributed by atoms with Crippen LogP contribution in [0.25, 0.3) is 0 Å². The van der Waals surface area contributed by atoms with Gasteiger partial charge in [-0.15, -0.1) is 0 Å². The van der Waals surface area contributed by atoms with Gasteiger partial charge in [0.1, 0.15) is 6.04 Å². The van der Waals surface area contributed by atoms with Crippen LogP contribution in [0, 0.1) is 0 Å². The second-order valence-corrected chi connectivity index (χ2v) is 3.44. The Morgan fingerprint density at radius 1 is 1.31 bits per heavy atom. The first kappa shape index (κ1) is 14.4. The summed E-state index contributed by atoms with van der Waals surface area (Å²) in [6, 6.07) is -1.14. The Bertz CT molecular complexity index is 277. The molecular formula is C9H16N2O5. The van der Waals surface area contributed by atoms with Gasteiger partial charge in [0.15, 0.2) is 0 Å². The summed E-state index contributed by atoms with van der Waals surface area (Å²) < 4.78 is 0. The van der Waals surface area contributed by atoms with Crippen molar-refractivity contribution in [3.63, 3.8) is 0 Å². The van der Waals surface area contributed by atoms with Gasteiger partial charge >= 0.3 is 5.97 Å². The first-order valence-corrected chi connectivity index (χ1v) is 4.83. The molecule has 0 aliphatic rings. The van der Waals surface area contributed by atoms with Crippen LogP contribution in [0.15, 0.2) is 0 Å². The van der Waals surface area contributed by atoms with Crippen LogP contribution in [0.5, 0.6) is 0 Å². The molecule has 0 rings (SSSR count). The van der Waals surface area contributed by atoms with Crippen molar-refractivity contribution in [1.82, 2.24) is 5.32 Å². The van der Waals surface area contributed by atoms with Gasteiger partial charge in [-0.05, 0) is 13.3 Å². The number of aliphatic carboxylic acids is 1. The Morgan fingerprint density at radius 3 is 2.25 bits per heavy atom. The van der Waals surface area contributed by atoms with Crippen molar-refractivity contribution in [3.8, 4) is 0 Å². The molecule has 0 aliphatic heterocycles. The third kappa shape index (κ3) is 5.97. The average molecular weight is 232 g/mol. The Hall–Kier alpha value is -1.63. The molecule has 7 nitrogen and oxygen atoms in total. The van der Waals surface area contributed by atoms with Gasteiger partial charge in [-0.2, -0.15) is 0 Å². The van der Waals surface area contributed by atoms with Crippen LogP contribution in [0.1, 0.15) is 26.2 Å². The highest BCUT2D eigenvalue weighted by atomic mass is 16.4. The summed E-state index contributed by atoms with van der Waals surface area (Å²) in [5, 5.41) is 19.7. The van der Waals surface area contributed by atoms with Crippen molar-refractivity contribution in [2.45, 2.75) is 38.3 Å². The van der Waals surface area contributed by atoms with Gasteiger partial charge in [0, 0.05) is 12.8 Å². The second-order valence-electron chi connectivity index (χ2n) is 3.44. The maximum atomic E-state index is 11.2. The van der Waals surface area contributed by atoms with Crippen LogP contribution in [-0.4, -0.2) is 40.1 Å². The van der Waals surface area contributed by atoms with E-state index < -0.39 is 29.9 Å². The molecular weight excluding hydrogens is 216 g/mol. The number of carboxylic acid groups (broad SMARTS) is 1. The van der Waals surface area contributed by atoms with E-state index in [0.717, 1.165) is 0 Å². The SMILES string of the molecule is C[C@@H](O)[C@H](NC(=O)CCCC(=O)O)C(N)=O. The van der Waals surface area contributed by atoms with Gasteiger partial charge in [0.05, 0.1) is 6.10 Å². The molecule has 0 aromatic carbocycles. The number of aliphatic hydroxyl groups is 1. The minimum absolute atomic E-state index is 0.0250. The lowest BCUT2D eigenvalue weighted by molar-refractivity contribution is -0.137. The summed E-state index contributed by atoms with van der Waals surface area (Å²) >= 11 is 0. The predicted molar refractivity (Wildman–Crippen MR) is 54.3 cm³/mol. The lowest BCUT2D eigenvalue weighted by Gasteiger charge is -2.17. The summed E-state index contributed by atoms with van der Waals surface area (Å²) in [5.41, 5.74) is 4.96. The fraction of sp³-hybridized carbons (Fsp3) is 0.667. The number of rotatable bonds is 7. The molecule has 0 saturated carbocycles. The summed E-state index contributed by atoms with van der Waals surface area (Å²) in [6.07, 6.45) is -1.06. The van der Waals surface area contributed by atoms with Gasteiger partial charge in [-0.1, -0.05) is 0 Å². The standard InChI is InChI=1S/C9H16N2O5/c1-5(12)8(9(10)16)11-6(13)3-2-4-7(14)15/h5,8,12H,2-4H2,1H3,(H2,10,16)(H,11,13)(H,14,15)/t5-,8+/m1/s1. The first-order valence-electron chi connectivity index (χ1n) is 4.83. The summed E-state index contributed by atoms with van der Waals surface area (Å²) in [5.74, 6) is -2.33. The van der Waals surface area contributed by atoms with Crippen molar-refractivity contribution in [2.75, 3.05) is 0 Å². The predicted octanol–water partition coefficient (Wildman–Crippen LogP) is -1.41. The maximum Gasteiger partial charge on any atom is 0.303 e. The summed E-state index contributed by atoms with van der Waals surface area (Å²) in [7, 11) is 0. The quantitative estimate of drug-likeness (QED) is 0.428. The lowest BCUT2D eigenvalue weighted by Crippen LogP contribution is -2.50. The van der Waals surface area contributed by atoms with E-state index >= 15 is 0 Å². The van der Waals surface area contributed by atoms with Crippen molar-refractivity contribution in [2.24, 2.45) is 5.73 Å². The van der Waals surface area contributed by atoms with E-state index in [2.05, 4.69) is 5.32 Å². The lowest BCUT2D eigenvalue weighted by atomic mass is 10.1. The molecule has 2 atom stereocenters. The number of primary amides is 1. The van der Waals surface area contributed by atoms with Crippen LogP contribution >= 0.6 is 0 Å². The third-order valence-electron chi connectivity index (χ3n) is 1.90. The minimum atomic E-state index is -1.14. The number of nitrogens with two attached hydrogens (primary N) is 1. The van der Waals surface area contributed by atoms with E-state index in [0.29, 0.717) is 0 Å². The van der Waals surface area contributed by atoms with Crippen molar-refractivity contribution < 1.29 is 24.6 Å². The van der Waals surface area contributed by atoms with E-state index in [-0.39, 0.29) is 19.3 Å². The Balaban J connectivity index is 4.01.